The van der Waals surface area contributed by atoms with Crippen LogP contribution in [0.5, 0.6) is 0 Å². The van der Waals surface area contributed by atoms with Crippen LogP contribution in [0.1, 0.15) is 16.8 Å². The summed E-state index contributed by atoms with van der Waals surface area (Å²) in [4.78, 5) is 14.4. The van der Waals surface area contributed by atoms with Crippen LogP contribution in [0.4, 0.5) is 11.5 Å². The van der Waals surface area contributed by atoms with Gasteiger partial charge in [-0.1, -0.05) is 6.07 Å². The number of nitrogens with one attached hydrogen (secondary N) is 1. The lowest BCUT2D eigenvalue weighted by atomic mass is 10.1. The van der Waals surface area contributed by atoms with E-state index in [1.165, 1.54) is 5.56 Å². The molecular formula is C18H13N5S. The molecule has 0 amide bonds. The third kappa shape index (κ3) is 2.36. The SMILES string of the molecule is Cc1cc(C)c2c(n1)sc1c(Nc3cccc(C#N)c3)ncnc12. The van der Waals surface area contributed by atoms with E-state index in [2.05, 4.69) is 39.3 Å². The summed E-state index contributed by atoms with van der Waals surface area (Å²) in [7, 11) is 0. The molecule has 24 heavy (non-hydrogen) atoms. The molecule has 3 heterocycles. The second-order valence-electron chi connectivity index (χ2n) is 5.58. The van der Waals surface area contributed by atoms with Gasteiger partial charge < -0.3 is 5.32 Å². The number of rotatable bonds is 2. The average molecular weight is 331 g/mol. The number of aryl methyl sites for hydroxylation is 2. The molecule has 0 saturated carbocycles. The first-order valence-corrected chi connectivity index (χ1v) is 8.26. The smallest absolute Gasteiger partial charge is 0.151 e. The molecule has 0 bridgehead atoms. The lowest BCUT2D eigenvalue weighted by Gasteiger charge is -2.06. The van der Waals surface area contributed by atoms with Crippen LogP contribution in [-0.4, -0.2) is 15.0 Å². The minimum Gasteiger partial charge on any atom is -0.339 e. The third-order valence-corrected chi connectivity index (χ3v) is 4.88. The number of nitrogens with zero attached hydrogens (tertiary/aromatic N) is 4. The highest BCUT2D eigenvalue weighted by Crippen LogP contribution is 2.37. The maximum Gasteiger partial charge on any atom is 0.151 e. The Kier molecular flexibility index (Phi) is 3.36. The quantitative estimate of drug-likeness (QED) is 0.586. The summed E-state index contributed by atoms with van der Waals surface area (Å²) in [5.74, 6) is 0.732. The van der Waals surface area contributed by atoms with Gasteiger partial charge in [-0.3, -0.25) is 0 Å². The summed E-state index contributed by atoms with van der Waals surface area (Å²) in [5.41, 5.74) is 4.51. The lowest BCUT2D eigenvalue weighted by molar-refractivity contribution is 1.22. The fraction of sp³-hybridized carbons (Fsp3) is 0.111. The number of pyridine rings is 1. The summed E-state index contributed by atoms with van der Waals surface area (Å²) >= 11 is 1.58. The van der Waals surface area contributed by atoms with Gasteiger partial charge in [0.2, 0.25) is 0 Å². The van der Waals surface area contributed by atoms with Crippen LogP contribution in [0.15, 0.2) is 36.7 Å². The van der Waals surface area contributed by atoms with Crippen LogP contribution in [0, 0.1) is 25.2 Å². The van der Waals surface area contributed by atoms with E-state index in [-0.39, 0.29) is 0 Å². The predicted molar refractivity (Wildman–Crippen MR) is 96.6 cm³/mol. The maximum absolute atomic E-state index is 9.04. The summed E-state index contributed by atoms with van der Waals surface area (Å²) < 4.78 is 0.969. The number of thiophene rings is 1. The molecule has 0 aliphatic rings. The van der Waals surface area contributed by atoms with Crippen LogP contribution >= 0.6 is 11.3 Å². The summed E-state index contributed by atoms with van der Waals surface area (Å²) in [6, 6.07) is 11.5. The van der Waals surface area contributed by atoms with Crippen molar-refractivity contribution in [2.75, 3.05) is 5.32 Å². The van der Waals surface area contributed by atoms with Crippen LogP contribution in [0.25, 0.3) is 20.4 Å². The summed E-state index contributed by atoms with van der Waals surface area (Å²) in [6.45, 7) is 4.07. The van der Waals surface area contributed by atoms with Gasteiger partial charge in [0.25, 0.3) is 0 Å². The van der Waals surface area contributed by atoms with Crippen LogP contribution in [0.3, 0.4) is 0 Å². The molecular weight excluding hydrogens is 318 g/mol. The van der Waals surface area contributed by atoms with E-state index >= 15 is 0 Å². The summed E-state index contributed by atoms with van der Waals surface area (Å²) in [6.07, 6.45) is 1.56. The minimum atomic E-state index is 0.606. The van der Waals surface area contributed by atoms with E-state index in [9.17, 15) is 0 Å². The number of hydrogen-bond donors (Lipinski definition) is 1. The highest BCUT2D eigenvalue weighted by molar-refractivity contribution is 7.26. The molecule has 1 aromatic carbocycles. The zero-order valence-electron chi connectivity index (χ0n) is 13.2. The molecule has 116 valence electrons. The van der Waals surface area contributed by atoms with E-state index in [1.54, 1.807) is 29.8 Å². The van der Waals surface area contributed by atoms with Crippen LogP contribution in [0.2, 0.25) is 0 Å². The zero-order valence-corrected chi connectivity index (χ0v) is 14.0. The van der Waals surface area contributed by atoms with Crippen molar-refractivity contribution in [2.45, 2.75) is 13.8 Å². The monoisotopic (exact) mass is 331 g/mol. The molecule has 3 aromatic heterocycles. The molecule has 5 nitrogen and oxygen atoms in total. The molecule has 0 atom stereocenters. The number of aromatic nitrogens is 3. The average Bonchev–Trinajstić information content (AvgIpc) is 2.94. The largest absolute Gasteiger partial charge is 0.339 e. The molecule has 1 N–H and O–H groups in total. The molecule has 0 spiro atoms. The van der Waals surface area contributed by atoms with Crippen molar-refractivity contribution in [3.8, 4) is 6.07 Å². The first-order valence-electron chi connectivity index (χ1n) is 7.44. The molecule has 0 saturated heterocycles. The second kappa shape index (κ2) is 5.55. The molecule has 0 aliphatic heterocycles. The van der Waals surface area contributed by atoms with E-state index < -0.39 is 0 Å². The molecule has 4 rings (SSSR count). The first-order chi connectivity index (χ1) is 11.7. The van der Waals surface area contributed by atoms with Crippen molar-refractivity contribution in [2.24, 2.45) is 0 Å². The van der Waals surface area contributed by atoms with E-state index in [1.807, 2.05) is 19.1 Å². The van der Waals surface area contributed by atoms with Gasteiger partial charge in [-0.25, -0.2) is 15.0 Å². The fourth-order valence-corrected chi connectivity index (χ4v) is 4.00. The molecule has 4 aromatic rings. The van der Waals surface area contributed by atoms with Gasteiger partial charge in [0.1, 0.15) is 11.2 Å². The third-order valence-electron chi connectivity index (χ3n) is 3.81. The predicted octanol–water partition coefficient (Wildman–Crippen LogP) is 4.47. The zero-order chi connectivity index (χ0) is 16.7. The van der Waals surface area contributed by atoms with E-state index in [4.69, 9.17) is 5.26 Å². The Bertz CT molecular complexity index is 1120. The minimum absolute atomic E-state index is 0.606. The van der Waals surface area contributed by atoms with Crippen LogP contribution in [-0.2, 0) is 0 Å². The Labute approximate surface area is 142 Å². The molecule has 0 unspecified atom stereocenters. The van der Waals surface area contributed by atoms with Gasteiger partial charge in [0.15, 0.2) is 5.82 Å². The van der Waals surface area contributed by atoms with Gasteiger partial charge in [-0.05, 0) is 43.7 Å². The van der Waals surface area contributed by atoms with Gasteiger partial charge >= 0.3 is 0 Å². The standard InChI is InChI=1S/C18H13N5S/c1-10-6-11(2)22-18-14(10)15-16(24-18)17(21-9-20-15)23-13-5-3-4-12(7-13)8-19/h3-7,9H,1-2H3,(H,20,21,23). The first kappa shape index (κ1) is 14.5. The van der Waals surface area contributed by atoms with Crippen molar-refractivity contribution in [1.82, 2.24) is 15.0 Å². The van der Waals surface area contributed by atoms with Crippen molar-refractivity contribution in [3.05, 3.63) is 53.5 Å². The van der Waals surface area contributed by atoms with Crippen molar-refractivity contribution < 1.29 is 0 Å². The van der Waals surface area contributed by atoms with Crippen molar-refractivity contribution in [1.29, 1.82) is 5.26 Å². The van der Waals surface area contributed by atoms with Crippen molar-refractivity contribution in [3.63, 3.8) is 0 Å². The van der Waals surface area contributed by atoms with Crippen LogP contribution < -0.4 is 5.32 Å². The Hall–Kier alpha value is -3.04. The Morgan fingerprint density at radius 3 is 2.88 bits per heavy atom. The Balaban J connectivity index is 1.90. The topological polar surface area (TPSA) is 74.5 Å². The number of benzene rings is 1. The van der Waals surface area contributed by atoms with Gasteiger partial charge in [-0.15, -0.1) is 11.3 Å². The summed E-state index contributed by atoms with van der Waals surface area (Å²) in [5, 5.41) is 13.4. The molecule has 0 radical (unpaired) electrons. The maximum atomic E-state index is 9.04. The number of hydrogen-bond acceptors (Lipinski definition) is 6. The second-order valence-corrected chi connectivity index (χ2v) is 6.58. The van der Waals surface area contributed by atoms with Gasteiger partial charge in [-0.2, -0.15) is 5.26 Å². The molecule has 0 fully saturated rings. The lowest BCUT2D eigenvalue weighted by Crippen LogP contribution is -1.94. The number of fused-ring (bicyclic) bond motifs is 3. The highest BCUT2D eigenvalue weighted by atomic mass is 32.1. The normalized spacial score (nSPS) is 10.9. The van der Waals surface area contributed by atoms with Crippen molar-refractivity contribution >= 4 is 43.3 Å². The van der Waals surface area contributed by atoms with Gasteiger partial charge in [0, 0.05) is 16.8 Å². The molecule has 0 aliphatic carbocycles. The number of anilines is 2. The van der Waals surface area contributed by atoms with Gasteiger partial charge in [0.05, 0.1) is 21.8 Å². The molecule has 6 heteroatoms. The Morgan fingerprint density at radius 2 is 2.04 bits per heavy atom. The van der Waals surface area contributed by atoms with E-state index in [0.29, 0.717) is 5.56 Å². The number of nitriles is 1. The fourth-order valence-electron chi connectivity index (χ4n) is 2.80. The highest BCUT2D eigenvalue weighted by Gasteiger charge is 2.14. The van der Waals surface area contributed by atoms with E-state index in [0.717, 1.165) is 37.6 Å². The Morgan fingerprint density at radius 1 is 1.17 bits per heavy atom.